The molecule has 0 aromatic carbocycles. The molecule has 1 heterocycles. The van der Waals surface area contributed by atoms with Gasteiger partial charge >= 0.3 is 12.0 Å². The summed E-state index contributed by atoms with van der Waals surface area (Å²) in [5.74, 6) is -0.601. The maximum atomic E-state index is 12.5. The minimum absolute atomic E-state index is 0.185. The molecular formula is C15H22N2O3S. The molecule has 21 heavy (non-hydrogen) atoms. The number of nitrogens with zero attached hydrogens (tertiary/aromatic N) is 1. The van der Waals surface area contributed by atoms with Gasteiger partial charge in [-0.15, -0.1) is 11.3 Å². The van der Waals surface area contributed by atoms with Crippen molar-refractivity contribution >= 4 is 28.3 Å². The predicted molar refractivity (Wildman–Crippen MR) is 84.3 cm³/mol. The predicted octanol–water partition coefficient (Wildman–Crippen LogP) is 3.72. The molecule has 1 aromatic rings. The average molecular weight is 310 g/mol. The number of carboxylic acid groups (broad SMARTS) is 1. The number of anilines is 1. The second-order valence-electron chi connectivity index (χ2n) is 6.00. The highest BCUT2D eigenvalue weighted by atomic mass is 32.1. The van der Waals surface area contributed by atoms with E-state index in [1.807, 2.05) is 11.8 Å². The number of urea groups is 1. The normalized spacial score (nSPS) is 14.3. The first-order valence-corrected chi connectivity index (χ1v) is 8.03. The molecule has 1 aliphatic rings. The van der Waals surface area contributed by atoms with E-state index in [1.165, 1.54) is 11.3 Å². The molecular weight excluding hydrogens is 288 g/mol. The first-order valence-electron chi connectivity index (χ1n) is 7.22. The Morgan fingerprint density at radius 2 is 2.00 bits per heavy atom. The van der Waals surface area contributed by atoms with Crippen LogP contribution in [0, 0.1) is 19.8 Å². The summed E-state index contributed by atoms with van der Waals surface area (Å²) >= 11 is 1.33. The third kappa shape index (κ3) is 3.56. The molecule has 2 rings (SSSR count). The summed E-state index contributed by atoms with van der Waals surface area (Å²) in [7, 11) is 0. The Kier molecular flexibility index (Phi) is 4.56. The Morgan fingerprint density at radius 1 is 1.38 bits per heavy atom. The van der Waals surface area contributed by atoms with Crippen LogP contribution in [0.1, 0.15) is 47.5 Å². The van der Waals surface area contributed by atoms with E-state index in [2.05, 4.69) is 19.2 Å². The van der Waals surface area contributed by atoms with Crippen LogP contribution in [-0.4, -0.2) is 34.6 Å². The Hall–Kier alpha value is -1.56. The third-order valence-electron chi connectivity index (χ3n) is 3.63. The van der Waals surface area contributed by atoms with Crippen LogP contribution in [0.5, 0.6) is 0 Å². The van der Waals surface area contributed by atoms with Gasteiger partial charge in [0, 0.05) is 17.5 Å². The summed E-state index contributed by atoms with van der Waals surface area (Å²) in [6, 6.07) is 0.123. The lowest BCUT2D eigenvalue weighted by Gasteiger charge is -2.24. The van der Waals surface area contributed by atoms with Crippen LogP contribution in [0.3, 0.4) is 0 Å². The molecule has 0 bridgehead atoms. The Balaban J connectivity index is 2.18. The average Bonchev–Trinajstić information content (AvgIpc) is 3.14. The number of thiophene rings is 1. The van der Waals surface area contributed by atoms with E-state index >= 15 is 0 Å². The fourth-order valence-corrected chi connectivity index (χ4v) is 3.36. The van der Waals surface area contributed by atoms with E-state index < -0.39 is 5.97 Å². The molecule has 0 saturated heterocycles. The van der Waals surface area contributed by atoms with Crippen LogP contribution >= 0.6 is 11.3 Å². The molecule has 0 unspecified atom stereocenters. The number of hydrogen-bond donors (Lipinski definition) is 2. The van der Waals surface area contributed by atoms with Crippen molar-refractivity contribution in [2.24, 2.45) is 5.92 Å². The number of rotatable bonds is 5. The van der Waals surface area contributed by atoms with Crippen LogP contribution < -0.4 is 5.32 Å². The first-order chi connectivity index (χ1) is 9.81. The van der Waals surface area contributed by atoms with E-state index in [4.69, 9.17) is 0 Å². The molecule has 1 aromatic heterocycles. The van der Waals surface area contributed by atoms with Gasteiger partial charge in [0.05, 0.1) is 5.56 Å². The number of nitrogens with one attached hydrogen (secondary N) is 1. The topological polar surface area (TPSA) is 69.6 Å². The molecule has 2 N–H and O–H groups in total. The van der Waals surface area contributed by atoms with Gasteiger partial charge in [0.2, 0.25) is 0 Å². The van der Waals surface area contributed by atoms with Crippen LogP contribution in [-0.2, 0) is 0 Å². The fraction of sp³-hybridized carbons (Fsp3) is 0.600. The number of amides is 2. The van der Waals surface area contributed by atoms with Crippen molar-refractivity contribution < 1.29 is 14.7 Å². The smallest absolute Gasteiger partial charge is 0.338 e. The number of carboxylic acids is 1. The highest BCUT2D eigenvalue weighted by Crippen LogP contribution is 2.34. The van der Waals surface area contributed by atoms with E-state index in [0.29, 0.717) is 23.5 Å². The zero-order chi connectivity index (χ0) is 15.7. The van der Waals surface area contributed by atoms with Crippen molar-refractivity contribution in [2.75, 3.05) is 11.9 Å². The maximum Gasteiger partial charge on any atom is 0.338 e. The van der Waals surface area contributed by atoms with Crippen molar-refractivity contribution in [2.45, 2.75) is 46.6 Å². The lowest BCUT2D eigenvalue weighted by molar-refractivity contribution is 0.0697. The molecule has 1 saturated carbocycles. The third-order valence-corrected chi connectivity index (χ3v) is 4.75. The number of aromatic carboxylic acids is 1. The van der Waals surface area contributed by atoms with Gasteiger partial charge in [0.25, 0.3) is 0 Å². The van der Waals surface area contributed by atoms with Gasteiger partial charge in [0.15, 0.2) is 0 Å². The summed E-state index contributed by atoms with van der Waals surface area (Å²) < 4.78 is 0. The Labute approximate surface area is 129 Å². The first kappa shape index (κ1) is 15.8. The van der Waals surface area contributed by atoms with Gasteiger partial charge in [-0.05, 0) is 38.2 Å². The molecule has 0 aliphatic heterocycles. The molecule has 0 radical (unpaired) electrons. The lowest BCUT2D eigenvalue weighted by Crippen LogP contribution is -2.39. The molecule has 1 aliphatic carbocycles. The number of carbonyl (C=O) groups is 2. The van der Waals surface area contributed by atoms with Crippen LogP contribution in [0.2, 0.25) is 0 Å². The van der Waals surface area contributed by atoms with Gasteiger partial charge in [-0.3, -0.25) is 5.32 Å². The molecule has 2 amide bonds. The zero-order valence-corrected chi connectivity index (χ0v) is 13.7. The quantitative estimate of drug-likeness (QED) is 0.871. The Bertz CT molecular complexity index is 562. The fourth-order valence-electron chi connectivity index (χ4n) is 2.32. The molecule has 6 heteroatoms. The van der Waals surface area contributed by atoms with Crippen LogP contribution in [0.15, 0.2) is 0 Å². The monoisotopic (exact) mass is 310 g/mol. The van der Waals surface area contributed by atoms with Crippen molar-refractivity contribution in [3.63, 3.8) is 0 Å². The van der Waals surface area contributed by atoms with Crippen molar-refractivity contribution in [3.05, 3.63) is 16.0 Å². The van der Waals surface area contributed by atoms with E-state index in [0.717, 1.165) is 23.3 Å². The molecule has 1 fully saturated rings. The second-order valence-corrected chi connectivity index (χ2v) is 7.22. The van der Waals surface area contributed by atoms with Gasteiger partial charge in [-0.2, -0.15) is 0 Å². The minimum atomic E-state index is -0.992. The lowest BCUT2D eigenvalue weighted by atomic mass is 10.1. The molecule has 116 valence electrons. The standard InChI is InChI=1S/C15H22N2O3S/c1-8(2)7-17(11-5-6-11)15(20)16-13-12(14(18)19)9(3)10(4)21-13/h8,11H,5-7H2,1-4H3,(H,16,20)(H,18,19). The van der Waals surface area contributed by atoms with Gasteiger partial charge in [0.1, 0.15) is 5.00 Å². The summed E-state index contributed by atoms with van der Waals surface area (Å²) in [5, 5.41) is 12.6. The number of hydrogen-bond acceptors (Lipinski definition) is 3. The second kappa shape index (κ2) is 6.05. The van der Waals surface area contributed by atoms with Gasteiger partial charge < -0.3 is 10.0 Å². The van der Waals surface area contributed by atoms with Gasteiger partial charge in [-0.25, -0.2) is 9.59 Å². The SMILES string of the molecule is Cc1sc(NC(=O)N(CC(C)C)C2CC2)c(C(=O)O)c1C. The van der Waals surface area contributed by atoms with Crippen LogP contribution in [0.4, 0.5) is 9.80 Å². The summed E-state index contributed by atoms with van der Waals surface area (Å²) in [4.78, 5) is 26.6. The van der Waals surface area contributed by atoms with Crippen LogP contribution in [0.25, 0.3) is 0 Å². The summed E-state index contributed by atoms with van der Waals surface area (Å²) in [6.07, 6.45) is 2.07. The van der Waals surface area contributed by atoms with Gasteiger partial charge in [-0.1, -0.05) is 13.8 Å². The molecule has 0 atom stereocenters. The summed E-state index contributed by atoms with van der Waals surface area (Å²) in [6.45, 7) is 8.49. The van der Waals surface area contributed by atoms with E-state index in [1.54, 1.807) is 6.92 Å². The maximum absolute atomic E-state index is 12.5. The number of carbonyl (C=O) groups excluding carboxylic acids is 1. The van der Waals surface area contributed by atoms with E-state index in [-0.39, 0.29) is 11.6 Å². The molecule has 5 nitrogen and oxygen atoms in total. The van der Waals surface area contributed by atoms with E-state index in [9.17, 15) is 14.7 Å². The highest BCUT2D eigenvalue weighted by molar-refractivity contribution is 7.16. The molecule has 0 spiro atoms. The Morgan fingerprint density at radius 3 is 2.48 bits per heavy atom. The summed E-state index contributed by atoms with van der Waals surface area (Å²) in [5.41, 5.74) is 0.941. The number of aryl methyl sites for hydroxylation is 1. The zero-order valence-electron chi connectivity index (χ0n) is 12.9. The van der Waals surface area contributed by atoms with Crippen molar-refractivity contribution in [3.8, 4) is 0 Å². The highest BCUT2D eigenvalue weighted by Gasteiger charge is 2.33. The van der Waals surface area contributed by atoms with Crippen molar-refractivity contribution in [1.29, 1.82) is 0 Å². The minimum Gasteiger partial charge on any atom is -0.478 e. The van der Waals surface area contributed by atoms with Crippen molar-refractivity contribution in [1.82, 2.24) is 4.90 Å². The largest absolute Gasteiger partial charge is 0.478 e.